The molecule has 6 rings (SSSR count). The second kappa shape index (κ2) is 9.99. The van der Waals surface area contributed by atoms with Crippen LogP contribution in [0.25, 0.3) is 0 Å². The number of rotatable bonds is 6. The number of para-hydroxylation sites is 2. The number of ketones is 1. The second-order valence-corrected chi connectivity index (χ2v) is 9.05. The van der Waals surface area contributed by atoms with E-state index in [2.05, 4.69) is 0 Å². The number of carbonyl (C=O) groups is 3. The Balaban J connectivity index is 1.67. The molecule has 1 spiro atoms. The molecule has 0 fully saturated rings. The molecule has 1 unspecified atom stereocenters. The lowest BCUT2D eigenvalue weighted by atomic mass is 9.93. The fraction of sp³-hybridized carbons (Fsp3) is 0.0625. The van der Waals surface area contributed by atoms with E-state index in [9.17, 15) is 14.4 Å². The van der Waals surface area contributed by atoms with Crippen molar-refractivity contribution in [2.75, 3.05) is 17.0 Å². The number of benzene rings is 4. The minimum Gasteiger partial charge on any atom is -0.464 e. The summed E-state index contributed by atoms with van der Waals surface area (Å²) in [6.45, 7) is 0. The van der Waals surface area contributed by atoms with Gasteiger partial charge in [-0.15, -0.1) is 5.10 Å². The largest absolute Gasteiger partial charge is 0.464 e. The fourth-order valence-corrected chi connectivity index (χ4v) is 4.90. The van der Waals surface area contributed by atoms with E-state index in [1.165, 1.54) is 17.0 Å². The number of nitrogens with zero attached hydrogens (tertiary/aromatic N) is 3. The normalized spacial score (nSPS) is 18.1. The van der Waals surface area contributed by atoms with Crippen molar-refractivity contribution in [3.05, 3.63) is 144 Å². The number of Topliss-reactive ketones (excluding diaryl/α,β-unsaturated/α-hetero) is 1. The van der Waals surface area contributed by atoms with E-state index >= 15 is 0 Å². The highest BCUT2D eigenvalue weighted by Crippen LogP contribution is 2.48. The van der Waals surface area contributed by atoms with Crippen LogP contribution in [0.15, 0.2) is 138 Å². The molecular weight excluding hydrogens is 506 g/mol. The van der Waals surface area contributed by atoms with Crippen LogP contribution in [0.3, 0.4) is 0 Å². The van der Waals surface area contributed by atoms with Crippen LogP contribution in [-0.2, 0) is 19.1 Å². The van der Waals surface area contributed by atoms with Gasteiger partial charge in [-0.05, 0) is 36.4 Å². The minimum absolute atomic E-state index is 0.121. The van der Waals surface area contributed by atoms with Gasteiger partial charge in [-0.25, -0.2) is 9.80 Å². The summed E-state index contributed by atoms with van der Waals surface area (Å²) in [4.78, 5) is 43.8. The molecule has 2 heterocycles. The number of anilines is 2. The molecule has 2 aliphatic rings. The molecule has 2 aliphatic heterocycles. The Morgan fingerprint density at radius 3 is 1.85 bits per heavy atom. The molecular formula is C32H23N3O5. The Hall–Kier alpha value is -5.50. The molecule has 8 heteroatoms. The molecule has 0 saturated carbocycles. The highest BCUT2D eigenvalue weighted by Gasteiger charge is 2.66. The van der Waals surface area contributed by atoms with Crippen LogP contribution in [0.5, 0.6) is 0 Å². The van der Waals surface area contributed by atoms with E-state index < -0.39 is 23.4 Å². The molecule has 196 valence electrons. The summed E-state index contributed by atoms with van der Waals surface area (Å²) in [5.74, 6) is -2.00. The summed E-state index contributed by atoms with van der Waals surface area (Å²) in [7, 11) is 1.20. The van der Waals surface area contributed by atoms with Gasteiger partial charge >= 0.3 is 17.6 Å². The standard InChI is InChI=1S/C32H23N3O5/c1-39-30(37)27-26(28(36)22-14-6-2-7-15-22)32(31(38)34(27)24-18-10-4-11-19-24)35(25-20-12-5-13-21-25)33-29(40-32)23-16-8-3-9-17-23/h2-21H,1H3. The molecule has 4 aromatic carbocycles. The summed E-state index contributed by atoms with van der Waals surface area (Å²) >= 11 is 0. The van der Waals surface area contributed by atoms with Crippen molar-refractivity contribution in [2.45, 2.75) is 5.72 Å². The molecule has 8 nitrogen and oxygen atoms in total. The van der Waals surface area contributed by atoms with Gasteiger partial charge in [0.15, 0.2) is 5.78 Å². The smallest absolute Gasteiger partial charge is 0.355 e. The average molecular weight is 530 g/mol. The van der Waals surface area contributed by atoms with Crippen LogP contribution in [-0.4, -0.2) is 36.4 Å². The van der Waals surface area contributed by atoms with Crippen LogP contribution in [0.1, 0.15) is 15.9 Å². The molecule has 0 radical (unpaired) electrons. The second-order valence-electron chi connectivity index (χ2n) is 9.05. The molecule has 0 saturated heterocycles. The zero-order valence-corrected chi connectivity index (χ0v) is 21.4. The number of amides is 1. The third-order valence-corrected chi connectivity index (χ3v) is 6.70. The molecule has 40 heavy (non-hydrogen) atoms. The van der Waals surface area contributed by atoms with Crippen molar-refractivity contribution in [3.8, 4) is 0 Å². The third-order valence-electron chi connectivity index (χ3n) is 6.70. The molecule has 0 aromatic heterocycles. The summed E-state index contributed by atoms with van der Waals surface area (Å²) < 4.78 is 11.7. The first-order chi connectivity index (χ1) is 19.6. The first-order valence-electron chi connectivity index (χ1n) is 12.6. The lowest BCUT2D eigenvalue weighted by molar-refractivity contribution is -0.137. The number of esters is 1. The van der Waals surface area contributed by atoms with E-state index in [4.69, 9.17) is 14.6 Å². The van der Waals surface area contributed by atoms with Crippen LogP contribution in [0, 0.1) is 0 Å². The Morgan fingerprint density at radius 1 is 0.750 bits per heavy atom. The predicted molar refractivity (Wildman–Crippen MR) is 149 cm³/mol. The van der Waals surface area contributed by atoms with Crippen LogP contribution >= 0.6 is 0 Å². The first kappa shape index (κ1) is 24.8. The fourth-order valence-electron chi connectivity index (χ4n) is 4.90. The van der Waals surface area contributed by atoms with Gasteiger partial charge in [0, 0.05) is 16.8 Å². The molecule has 0 bridgehead atoms. The maximum Gasteiger partial charge on any atom is 0.355 e. The number of hydrogen-bond acceptors (Lipinski definition) is 7. The minimum atomic E-state index is -2.14. The number of methoxy groups -OCH3 is 1. The third kappa shape index (κ3) is 3.85. The highest BCUT2D eigenvalue weighted by molar-refractivity contribution is 6.29. The van der Waals surface area contributed by atoms with Gasteiger partial charge in [-0.1, -0.05) is 84.9 Å². The molecule has 1 amide bonds. The van der Waals surface area contributed by atoms with Crippen LogP contribution < -0.4 is 9.91 Å². The summed E-state index contributed by atoms with van der Waals surface area (Å²) in [5, 5.41) is 6.10. The Labute approximate surface area is 230 Å². The lowest BCUT2D eigenvalue weighted by Gasteiger charge is -2.32. The van der Waals surface area contributed by atoms with Crippen molar-refractivity contribution in [1.82, 2.24) is 0 Å². The van der Waals surface area contributed by atoms with Crippen molar-refractivity contribution in [2.24, 2.45) is 5.10 Å². The quantitative estimate of drug-likeness (QED) is 0.260. The lowest BCUT2D eigenvalue weighted by Crippen LogP contribution is -2.55. The van der Waals surface area contributed by atoms with Crippen molar-refractivity contribution in [3.63, 3.8) is 0 Å². The number of carbonyl (C=O) groups excluding carboxylic acids is 3. The molecule has 4 aromatic rings. The summed E-state index contributed by atoms with van der Waals surface area (Å²) in [6.07, 6.45) is 0. The van der Waals surface area contributed by atoms with Gasteiger partial charge < -0.3 is 9.47 Å². The van der Waals surface area contributed by atoms with E-state index in [1.54, 1.807) is 97.1 Å². The first-order valence-corrected chi connectivity index (χ1v) is 12.6. The monoisotopic (exact) mass is 529 g/mol. The van der Waals surface area contributed by atoms with Gasteiger partial charge in [0.1, 0.15) is 11.3 Å². The Bertz CT molecular complexity index is 1650. The molecule has 0 aliphatic carbocycles. The van der Waals surface area contributed by atoms with E-state index in [-0.39, 0.29) is 22.7 Å². The van der Waals surface area contributed by atoms with E-state index in [1.807, 2.05) is 24.3 Å². The highest BCUT2D eigenvalue weighted by atomic mass is 16.6. The van der Waals surface area contributed by atoms with Crippen molar-refractivity contribution >= 4 is 34.9 Å². The van der Waals surface area contributed by atoms with E-state index in [0.717, 1.165) is 0 Å². The van der Waals surface area contributed by atoms with Crippen LogP contribution in [0.2, 0.25) is 0 Å². The SMILES string of the molecule is COC(=O)C1=C(C(=O)c2ccccc2)C2(OC(c3ccccc3)=NN2c2ccccc2)C(=O)N1c1ccccc1. The predicted octanol–water partition coefficient (Wildman–Crippen LogP) is 4.94. The number of hydrazone groups is 1. The van der Waals surface area contributed by atoms with Gasteiger partial charge in [-0.2, -0.15) is 0 Å². The van der Waals surface area contributed by atoms with Gasteiger partial charge in [0.2, 0.25) is 5.90 Å². The number of ether oxygens (including phenoxy) is 2. The topological polar surface area (TPSA) is 88.5 Å². The Kier molecular flexibility index (Phi) is 6.20. The maximum atomic E-state index is 14.8. The van der Waals surface area contributed by atoms with Gasteiger partial charge in [0.05, 0.1) is 12.8 Å². The average Bonchev–Trinajstić information content (AvgIpc) is 3.54. The summed E-state index contributed by atoms with van der Waals surface area (Å²) in [6, 6.07) is 35.0. The zero-order chi connectivity index (χ0) is 27.7. The van der Waals surface area contributed by atoms with Crippen molar-refractivity contribution < 1.29 is 23.9 Å². The molecule has 1 atom stereocenters. The van der Waals surface area contributed by atoms with Gasteiger partial charge in [0.25, 0.3) is 0 Å². The zero-order valence-electron chi connectivity index (χ0n) is 21.4. The number of hydrogen-bond donors (Lipinski definition) is 0. The van der Waals surface area contributed by atoms with Crippen LogP contribution in [0.4, 0.5) is 11.4 Å². The molecule has 0 N–H and O–H groups in total. The van der Waals surface area contributed by atoms with Crippen molar-refractivity contribution in [1.29, 1.82) is 0 Å². The Morgan fingerprint density at radius 2 is 1.27 bits per heavy atom. The maximum absolute atomic E-state index is 14.8. The summed E-state index contributed by atoms with van der Waals surface area (Å²) in [5.41, 5.74) is -0.856. The van der Waals surface area contributed by atoms with E-state index in [0.29, 0.717) is 16.9 Å². The van der Waals surface area contributed by atoms with Gasteiger partial charge in [-0.3, -0.25) is 14.5 Å².